The van der Waals surface area contributed by atoms with Gasteiger partial charge in [0.1, 0.15) is 5.69 Å². The second-order valence-electron chi connectivity index (χ2n) is 5.50. The van der Waals surface area contributed by atoms with E-state index in [9.17, 15) is 4.79 Å². The van der Waals surface area contributed by atoms with Gasteiger partial charge in [0.2, 0.25) is 0 Å². The van der Waals surface area contributed by atoms with Crippen molar-refractivity contribution in [3.63, 3.8) is 0 Å². The van der Waals surface area contributed by atoms with Crippen LogP contribution in [-0.2, 0) is 12.0 Å². The lowest BCUT2D eigenvalue weighted by molar-refractivity contribution is 0.111. The molecule has 0 saturated carbocycles. The Morgan fingerprint density at radius 1 is 1.17 bits per heavy atom. The van der Waals surface area contributed by atoms with Crippen LogP contribution in [0.25, 0.3) is 0 Å². The fraction of sp³-hybridized carbons (Fsp3) is 0.333. The van der Waals surface area contributed by atoms with Crippen molar-refractivity contribution in [2.45, 2.75) is 32.7 Å². The zero-order valence-electron chi connectivity index (χ0n) is 11.1. The minimum Gasteiger partial charge on any atom is -0.296 e. The van der Waals surface area contributed by atoms with E-state index >= 15 is 0 Å². The lowest BCUT2D eigenvalue weighted by Gasteiger charge is -2.19. The first-order valence-electron chi connectivity index (χ1n) is 6.07. The van der Waals surface area contributed by atoms with Crippen LogP contribution in [0.2, 0.25) is 0 Å². The van der Waals surface area contributed by atoms with Gasteiger partial charge in [0.15, 0.2) is 6.29 Å². The Labute approximate surface area is 107 Å². The summed E-state index contributed by atoms with van der Waals surface area (Å²) < 4.78 is 1.77. The van der Waals surface area contributed by atoms with Crippen LogP contribution in [0, 0.1) is 0 Å². The second-order valence-corrected chi connectivity index (χ2v) is 5.50. The fourth-order valence-corrected chi connectivity index (χ4v) is 1.83. The van der Waals surface area contributed by atoms with E-state index in [0.717, 1.165) is 6.29 Å². The first-order chi connectivity index (χ1) is 8.49. The van der Waals surface area contributed by atoms with E-state index in [4.69, 9.17) is 0 Å². The molecule has 0 unspecified atom stereocenters. The standard InChI is InChI=1S/C15H18N2O/c1-15(2,3)13-6-4-12(5-7-13)10-17-9-8-14(11-18)16-17/h4-9,11H,10H2,1-3H3. The highest BCUT2D eigenvalue weighted by molar-refractivity contribution is 5.71. The van der Waals surface area contributed by atoms with Gasteiger partial charge in [-0.1, -0.05) is 45.0 Å². The van der Waals surface area contributed by atoms with Crippen LogP contribution in [0.4, 0.5) is 0 Å². The summed E-state index contributed by atoms with van der Waals surface area (Å²) in [4.78, 5) is 10.6. The molecule has 1 heterocycles. The zero-order chi connectivity index (χ0) is 13.2. The quantitative estimate of drug-likeness (QED) is 0.775. The van der Waals surface area contributed by atoms with Crippen LogP contribution in [0.3, 0.4) is 0 Å². The lowest BCUT2D eigenvalue weighted by Crippen LogP contribution is -2.11. The molecule has 0 saturated heterocycles. The molecule has 0 spiro atoms. The van der Waals surface area contributed by atoms with Gasteiger partial charge in [0, 0.05) is 6.20 Å². The third kappa shape index (κ3) is 2.86. The molecule has 3 heteroatoms. The number of carbonyl (C=O) groups is 1. The highest BCUT2D eigenvalue weighted by atomic mass is 16.1. The molecule has 0 aliphatic rings. The summed E-state index contributed by atoms with van der Waals surface area (Å²) in [7, 11) is 0. The maximum atomic E-state index is 10.6. The largest absolute Gasteiger partial charge is 0.296 e. The van der Waals surface area contributed by atoms with Gasteiger partial charge in [0.05, 0.1) is 6.54 Å². The maximum absolute atomic E-state index is 10.6. The molecule has 1 aromatic heterocycles. The molecule has 1 aromatic carbocycles. The Balaban J connectivity index is 2.13. The lowest BCUT2D eigenvalue weighted by atomic mass is 9.87. The minimum absolute atomic E-state index is 0.176. The molecule has 2 rings (SSSR count). The minimum atomic E-state index is 0.176. The Bertz CT molecular complexity index is 532. The molecule has 0 bridgehead atoms. The third-order valence-electron chi connectivity index (χ3n) is 2.95. The Morgan fingerprint density at radius 3 is 2.33 bits per heavy atom. The van der Waals surface area contributed by atoms with E-state index in [1.54, 1.807) is 10.7 Å². The molecular formula is C15H18N2O. The highest BCUT2D eigenvalue weighted by Gasteiger charge is 2.12. The summed E-state index contributed by atoms with van der Waals surface area (Å²) in [6.45, 7) is 7.29. The first-order valence-corrected chi connectivity index (χ1v) is 6.07. The molecule has 0 fully saturated rings. The van der Waals surface area contributed by atoms with Crippen molar-refractivity contribution in [1.82, 2.24) is 9.78 Å². The molecule has 0 radical (unpaired) electrons. The van der Waals surface area contributed by atoms with Crippen LogP contribution in [-0.4, -0.2) is 16.1 Å². The van der Waals surface area contributed by atoms with E-state index in [1.807, 2.05) is 6.20 Å². The van der Waals surface area contributed by atoms with Gasteiger partial charge in [-0.15, -0.1) is 0 Å². The van der Waals surface area contributed by atoms with Crippen LogP contribution in [0.15, 0.2) is 36.5 Å². The van der Waals surface area contributed by atoms with Crippen molar-refractivity contribution in [3.8, 4) is 0 Å². The van der Waals surface area contributed by atoms with Gasteiger partial charge in [0.25, 0.3) is 0 Å². The first kappa shape index (κ1) is 12.6. The summed E-state index contributed by atoms with van der Waals surface area (Å²) >= 11 is 0. The number of carbonyl (C=O) groups excluding carboxylic acids is 1. The van der Waals surface area contributed by atoms with E-state index in [0.29, 0.717) is 12.2 Å². The van der Waals surface area contributed by atoms with E-state index in [2.05, 4.69) is 50.1 Å². The van der Waals surface area contributed by atoms with E-state index in [1.165, 1.54) is 11.1 Å². The SMILES string of the molecule is CC(C)(C)c1ccc(Cn2ccc(C=O)n2)cc1. The summed E-state index contributed by atoms with van der Waals surface area (Å²) in [5, 5.41) is 4.14. The van der Waals surface area contributed by atoms with Crippen LogP contribution >= 0.6 is 0 Å². The molecule has 2 aromatic rings. The van der Waals surface area contributed by atoms with Crippen molar-refractivity contribution in [2.24, 2.45) is 0 Å². The molecule has 18 heavy (non-hydrogen) atoms. The van der Waals surface area contributed by atoms with Crippen LogP contribution in [0.5, 0.6) is 0 Å². The second kappa shape index (κ2) is 4.77. The number of hydrogen-bond donors (Lipinski definition) is 0. The molecule has 0 amide bonds. The van der Waals surface area contributed by atoms with E-state index < -0.39 is 0 Å². The average Bonchev–Trinajstić information content (AvgIpc) is 2.76. The predicted molar refractivity (Wildman–Crippen MR) is 71.9 cm³/mol. The van der Waals surface area contributed by atoms with E-state index in [-0.39, 0.29) is 5.41 Å². The summed E-state index contributed by atoms with van der Waals surface area (Å²) in [5.74, 6) is 0. The molecule has 94 valence electrons. The Kier molecular flexibility index (Phi) is 3.32. The van der Waals surface area contributed by atoms with Crippen molar-refractivity contribution >= 4 is 6.29 Å². The smallest absolute Gasteiger partial charge is 0.170 e. The van der Waals surface area contributed by atoms with Gasteiger partial charge < -0.3 is 0 Å². The highest BCUT2D eigenvalue weighted by Crippen LogP contribution is 2.22. The maximum Gasteiger partial charge on any atom is 0.170 e. The average molecular weight is 242 g/mol. The van der Waals surface area contributed by atoms with Crippen molar-refractivity contribution in [2.75, 3.05) is 0 Å². The summed E-state index contributed by atoms with van der Waals surface area (Å²) in [6, 6.07) is 10.3. The molecule has 0 aliphatic heterocycles. The van der Waals surface area contributed by atoms with Gasteiger partial charge in [-0.05, 0) is 22.6 Å². The number of aldehydes is 1. The van der Waals surface area contributed by atoms with Gasteiger partial charge in [-0.3, -0.25) is 9.48 Å². The van der Waals surface area contributed by atoms with Gasteiger partial charge in [-0.25, -0.2) is 0 Å². The molecule has 3 nitrogen and oxygen atoms in total. The normalized spacial score (nSPS) is 11.5. The molecule has 0 aliphatic carbocycles. The number of nitrogens with zero attached hydrogens (tertiary/aromatic N) is 2. The molecule has 0 atom stereocenters. The molecular weight excluding hydrogens is 224 g/mol. The predicted octanol–water partition coefficient (Wildman–Crippen LogP) is 3.04. The van der Waals surface area contributed by atoms with Crippen LogP contribution in [0.1, 0.15) is 42.4 Å². The van der Waals surface area contributed by atoms with Crippen molar-refractivity contribution < 1.29 is 4.79 Å². The molecule has 0 N–H and O–H groups in total. The van der Waals surface area contributed by atoms with Gasteiger partial charge in [-0.2, -0.15) is 5.10 Å². The fourth-order valence-electron chi connectivity index (χ4n) is 1.83. The topological polar surface area (TPSA) is 34.9 Å². The zero-order valence-corrected chi connectivity index (χ0v) is 11.1. The number of aromatic nitrogens is 2. The summed E-state index contributed by atoms with van der Waals surface area (Å²) in [5.41, 5.74) is 3.15. The van der Waals surface area contributed by atoms with Crippen molar-refractivity contribution in [1.29, 1.82) is 0 Å². The Hall–Kier alpha value is -1.90. The van der Waals surface area contributed by atoms with Gasteiger partial charge >= 0.3 is 0 Å². The monoisotopic (exact) mass is 242 g/mol. The van der Waals surface area contributed by atoms with Crippen molar-refractivity contribution in [3.05, 3.63) is 53.3 Å². The Morgan fingerprint density at radius 2 is 1.83 bits per heavy atom. The third-order valence-corrected chi connectivity index (χ3v) is 2.95. The van der Waals surface area contributed by atoms with Crippen LogP contribution < -0.4 is 0 Å². The number of hydrogen-bond acceptors (Lipinski definition) is 2. The number of benzene rings is 1. The number of rotatable bonds is 3. The summed E-state index contributed by atoms with van der Waals surface area (Å²) in [6.07, 6.45) is 2.58.